The lowest BCUT2D eigenvalue weighted by Crippen LogP contribution is -2.38. The van der Waals surface area contributed by atoms with E-state index in [1.165, 1.54) is 0 Å². The number of amides is 1. The van der Waals surface area contributed by atoms with Crippen molar-refractivity contribution in [3.8, 4) is 0 Å². The van der Waals surface area contributed by atoms with Gasteiger partial charge in [0.15, 0.2) is 6.10 Å². The first-order valence-corrected chi connectivity index (χ1v) is 6.48. The first kappa shape index (κ1) is 13.1. The van der Waals surface area contributed by atoms with Crippen molar-refractivity contribution in [2.24, 2.45) is 5.92 Å². The van der Waals surface area contributed by atoms with Crippen LogP contribution in [0.2, 0.25) is 0 Å². The molecule has 1 heterocycles. The number of carbonyl (C=O) groups is 2. The van der Waals surface area contributed by atoms with E-state index in [9.17, 15) is 9.59 Å². The lowest BCUT2D eigenvalue weighted by atomic mass is 9.94. The summed E-state index contributed by atoms with van der Waals surface area (Å²) in [5.41, 5.74) is 0. The average molecular weight is 253 g/mol. The molecule has 0 radical (unpaired) electrons. The molecule has 0 aromatic heterocycles. The minimum atomic E-state index is -0.984. The third kappa shape index (κ3) is 3.32. The Labute approximate surface area is 106 Å². The molecule has 0 aromatic carbocycles. The van der Waals surface area contributed by atoms with Gasteiger partial charge in [0.25, 0.3) is 0 Å². The van der Waals surface area contributed by atoms with E-state index in [4.69, 9.17) is 9.84 Å². The number of nitrogens with one attached hydrogen (secondary N) is 1. The molecule has 2 aliphatic rings. The smallest absolute Gasteiger partial charge is 0.332 e. The fourth-order valence-corrected chi connectivity index (χ4v) is 2.41. The number of carboxylic acids is 1. The second-order valence-corrected chi connectivity index (χ2v) is 4.92. The number of hydrogen-bond donors (Lipinski definition) is 2. The number of aliphatic carboxylic acids is 1. The van der Waals surface area contributed by atoms with E-state index in [0.29, 0.717) is 25.3 Å². The molecular formula is C13H19NO4. The summed E-state index contributed by atoms with van der Waals surface area (Å²) in [5, 5.41) is 11.6. The van der Waals surface area contributed by atoms with Gasteiger partial charge in [-0.15, -0.1) is 0 Å². The Morgan fingerprint density at radius 3 is 2.61 bits per heavy atom. The molecule has 0 aromatic rings. The van der Waals surface area contributed by atoms with Crippen molar-refractivity contribution < 1.29 is 19.4 Å². The largest absolute Gasteiger partial charge is 0.479 e. The standard InChI is InChI=1S/C13H19NO4/c15-12(10-6-7-11(18-10)13(16)17)14-8-9-4-2-1-3-5-9/h1-2,9-11H,3-8H2,(H,14,15)(H,16,17)/t9?,10-,11+/m0/s1. The predicted molar refractivity (Wildman–Crippen MR) is 65.0 cm³/mol. The van der Waals surface area contributed by atoms with E-state index < -0.39 is 18.2 Å². The third-order valence-corrected chi connectivity index (χ3v) is 3.53. The Morgan fingerprint density at radius 1 is 1.22 bits per heavy atom. The highest BCUT2D eigenvalue weighted by Crippen LogP contribution is 2.21. The van der Waals surface area contributed by atoms with Gasteiger partial charge in [0, 0.05) is 6.54 Å². The highest BCUT2D eigenvalue weighted by Gasteiger charge is 2.34. The molecule has 1 amide bonds. The Kier molecular flexibility index (Phi) is 4.36. The van der Waals surface area contributed by atoms with Crippen LogP contribution >= 0.6 is 0 Å². The number of carbonyl (C=O) groups excluding carboxylic acids is 1. The van der Waals surface area contributed by atoms with Crippen LogP contribution < -0.4 is 5.32 Å². The lowest BCUT2D eigenvalue weighted by molar-refractivity contribution is -0.151. The third-order valence-electron chi connectivity index (χ3n) is 3.53. The van der Waals surface area contributed by atoms with Crippen LogP contribution in [0.25, 0.3) is 0 Å². The monoisotopic (exact) mass is 253 g/mol. The molecule has 0 bridgehead atoms. The summed E-state index contributed by atoms with van der Waals surface area (Å²) in [5.74, 6) is -0.661. The Bertz CT molecular complexity index is 353. The summed E-state index contributed by atoms with van der Waals surface area (Å²) in [4.78, 5) is 22.5. The van der Waals surface area contributed by atoms with Gasteiger partial charge in [-0.1, -0.05) is 12.2 Å². The van der Waals surface area contributed by atoms with Crippen LogP contribution in [0.4, 0.5) is 0 Å². The molecule has 2 rings (SSSR count). The molecule has 1 fully saturated rings. The summed E-state index contributed by atoms with van der Waals surface area (Å²) in [6, 6.07) is 0. The molecular weight excluding hydrogens is 234 g/mol. The molecule has 100 valence electrons. The highest BCUT2D eigenvalue weighted by molar-refractivity contribution is 5.82. The van der Waals surface area contributed by atoms with Gasteiger partial charge in [-0.25, -0.2) is 4.79 Å². The first-order valence-electron chi connectivity index (χ1n) is 6.48. The molecule has 0 saturated carbocycles. The van der Waals surface area contributed by atoms with E-state index in [1.54, 1.807) is 0 Å². The van der Waals surface area contributed by atoms with Crippen LogP contribution in [0, 0.1) is 5.92 Å². The average Bonchev–Trinajstić information content (AvgIpc) is 2.87. The normalized spacial score (nSPS) is 31.2. The maximum Gasteiger partial charge on any atom is 0.332 e. The Morgan fingerprint density at radius 2 is 2.00 bits per heavy atom. The maximum absolute atomic E-state index is 11.8. The maximum atomic E-state index is 11.8. The summed E-state index contributed by atoms with van der Waals surface area (Å²) in [6.07, 6.45) is 6.98. The van der Waals surface area contributed by atoms with Gasteiger partial charge in [0.1, 0.15) is 6.10 Å². The van der Waals surface area contributed by atoms with Crippen LogP contribution in [-0.2, 0) is 14.3 Å². The molecule has 5 nitrogen and oxygen atoms in total. The van der Waals surface area contributed by atoms with Gasteiger partial charge in [-0.05, 0) is 38.0 Å². The summed E-state index contributed by atoms with van der Waals surface area (Å²) >= 11 is 0. The number of allylic oxidation sites excluding steroid dienone is 2. The number of rotatable bonds is 4. The van der Waals surface area contributed by atoms with Gasteiger partial charge in [-0.2, -0.15) is 0 Å². The molecule has 18 heavy (non-hydrogen) atoms. The molecule has 5 heteroatoms. The van der Waals surface area contributed by atoms with Crippen molar-refractivity contribution in [1.82, 2.24) is 5.32 Å². The van der Waals surface area contributed by atoms with Gasteiger partial charge < -0.3 is 15.2 Å². The van der Waals surface area contributed by atoms with Gasteiger partial charge in [-0.3, -0.25) is 4.79 Å². The van der Waals surface area contributed by atoms with Crippen molar-refractivity contribution in [3.05, 3.63) is 12.2 Å². The van der Waals surface area contributed by atoms with Crippen LogP contribution in [-0.4, -0.2) is 35.7 Å². The van der Waals surface area contributed by atoms with Gasteiger partial charge in [0.2, 0.25) is 5.91 Å². The Hall–Kier alpha value is -1.36. The minimum Gasteiger partial charge on any atom is -0.479 e. The van der Waals surface area contributed by atoms with E-state index in [2.05, 4.69) is 17.5 Å². The topological polar surface area (TPSA) is 75.6 Å². The van der Waals surface area contributed by atoms with E-state index >= 15 is 0 Å². The zero-order valence-electron chi connectivity index (χ0n) is 10.3. The number of ether oxygens (including phenoxy) is 1. The summed E-state index contributed by atoms with van der Waals surface area (Å²) in [6.45, 7) is 0.654. The molecule has 0 spiro atoms. The van der Waals surface area contributed by atoms with E-state index in [0.717, 1.165) is 19.3 Å². The Balaban J connectivity index is 1.72. The lowest BCUT2D eigenvalue weighted by Gasteiger charge is -2.19. The van der Waals surface area contributed by atoms with Crippen molar-refractivity contribution in [3.63, 3.8) is 0 Å². The minimum absolute atomic E-state index is 0.173. The van der Waals surface area contributed by atoms with Crippen LogP contribution in [0.5, 0.6) is 0 Å². The van der Waals surface area contributed by atoms with Crippen LogP contribution in [0.15, 0.2) is 12.2 Å². The van der Waals surface area contributed by atoms with Crippen molar-refractivity contribution in [2.75, 3.05) is 6.54 Å². The zero-order valence-corrected chi connectivity index (χ0v) is 10.3. The van der Waals surface area contributed by atoms with Crippen molar-refractivity contribution >= 4 is 11.9 Å². The van der Waals surface area contributed by atoms with Crippen molar-refractivity contribution in [2.45, 2.75) is 44.3 Å². The van der Waals surface area contributed by atoms with Crippen LogP contribution in [0.1, 0.15) is 32.1 Å². The number of carboxylic acid groups (broad SMARTS) is 1. The fraction of sp³-hybridized carbons (Fsp3) is 0.692. The summed E-state index contributed by atoms with van der Waals surface area (Å²) < 4.78 is 5.20. The zero-order chi connectivity index (χ0) is 13.0. The van der Waals surface area contributed by atoms with Gasteiger partial charge >= 0.3 is 5.97 Å². The van der Waals surface area contributed by atoms with Crippen LogP contribution in [0.3, 0.4) is 0 Å². The molecule has 1 saturated heterocycles. The molecule has 1 unspecified atom stereocenters. The van der Waals surface area contributed by atoms with Crippen molar-refractivity contribution in [1.29, 1.82) is 0 Å². The second-order valence-electron chi connectivity index (χ2n) is 4.92. The first-order chi connectivity index (χ1) is 8.66. The SMILES string of the molecule is O=C(NCC1CC=CCC1)[C@@H]1CC[C@H](C(=O)O)O1. The quantitative estimate of drug-likeness (QED) is 0.735. The summed E-state index contributed by atoms with van der Waals surface area (Å²) in [7, 11) is 0. The van der Waals surface area contributed by atoms with Gasteiger partial charge in [0.05, 0.1) is 0 Å². The van der Waals surface area contributed by atoms with E-state index in [-0.39, 0.29) is 5.91 Å². The highest BCUT2D eigenvalue weighted by atomic mass is 16.5. The van der Waals surface area contributed by atoms with E-state index in [1.807, 2.05) is 0 Å². The molecule has 1 aliphatic heterocycles. The second kappa shape index (κ2) is 6.00. The fourth-order valence-electron chi connectivity index (χ4n) is 2.41. The molecule has 1 aliphatic carbocycles. The number of hydrogen-bond acceptors (Lipinski definition) is 3. The predicted octanol–water partition coefficient (Wildman–Crippen LogP) is 1.09. The molecule has 3 atom stereocenters. The molecule has 2 N–H and O–H groups in total.